The molecule has 1 aromatic heterocycles. The minimum Gasteiger partial charge on any atom is -0.368 e. The first-order valence-corrected chi connectivity index (χ1v) is 8.76. The molecule has 2 aromatic rings. The van der Waals surface area contributed by atoms with Crippen LogP contribution < -0.4 is 11.1 Å². The molecule has 0 aliphatic rings. The van der Waals surface area contributed by atoms with Crippen LogP contribution >= 0.6 is 0 Å². The average molecular weight is 357 g/mol. The van der Waals surface area contributed by atoms with Crippen LogP contribution in [0.25, 0.3) is 0 Å². The molecule has 8 nitrogen and oxygen atoms in total. The minimum absolute atomic E-state index is 0.0778. The summed E-state index contributed by atoms with van der Waals surface area (Å²) in [6, 6.07) is 9.42. The van der Waals surface area contributed by atoms with Gasteiger partial charge in [-0.15, -0.1) is 0 Å². The number of anilines is 3. The van der Waals surface area contributed by atoms with Gasteiger partial charge in [-0.1, -0.05) is 18.2 Å². The Morgan fingerprint density at radius 2 is 1.81 bits per heavy atom. The van der Waals surface area contributed by atoms with Gasteiger partial charge in [0.2, 0.25) is 17.8 Å². The van der Waals surface area contributed by atoms with Crippen molar-refractivity contribution in [3.05, 3.63) is 36.2 Å². The van der Waals surface area contributed by atoms with Crippen LogP contribution in [0.2, 0.25) is 0 Å². The predicted molar refractivity (Wildman–Crippen MR) is 103 cm³/mol. The van der Waals surface area contributed by atoms with E-state index in [9.17, 15) is 4.79 Å². The fraction of sp³-hybridized carbons (Fsp3) is 0.444. The van der Waals surface area contributed by atoms with Crippen LogP contribution in [0, 0.1) is 0 Å². The molecule has 0 spiro atoms. The van der Waals surface area contributed by atoms with Gasteiger partial charge in [-0.25, -0.2) is 0 Å². The number of para-hydroxylation sites is 1. The summed E-state index contributed by atoms with van der Waals surface area (Å²) in [6.45, 7) is 7.56. The number of hydrogen-bond acceptors (Lipinski definition) is 7. The average Bonchev–Trinajstić information content (AvgIpc) is 2.62. The van der Waals surface area contributed by atoms with E-state index in [0.717, 1.165) is 5.69 Å². The Hall–Kier alpha value is -2.74. The quantitative estimate of drug-likeness (QED) is 0.746. The zero-order valence-corrected chi connectivity index (χ0v) is 15.8. The Morgan fingerprint density at radius 1 is 1.15 bits per heavy atom. The van der Waals surface area contributed by atoms with Crippen molar-refractivity contribution >= 4 is 23.5 Å². The lowest BCUT2D eigenvalue weighted by Gasteiger charge is -2.26. The minimum atomic E-state index is -0.184. The summed E-state index contributed by atoms with van der Waals surface area (Å²) in [5.41, 5.74) is 6.71. The molecule has 0 aliphatic heterocycles. The summed E-state index contributed by atoms with van der Waals surface area (Å²) in [4.78, 5) is 28.9. The smallest absolute Gasteiger partial charge is 0.236 e. The van der Waals surface area contributed by atoms with E-state index < -0.39 is 0 Å². The van der Waals surface area contributed by atoms with Crippen LogP contribution in [-0.4, -0.2) is 57.3 Å². The van der Waals surface area contributed by atoms with Crippen LogP contribution in [-0.2, 0) is 4.79 Å². The molecular weight excluding hydrogens is 330 g/mol. The Labute approximate surface area is 154 Å². The standard InChI is InChI=1S/C18H27N7O/c1-5-25(6-2)15(26)12-24(4)13(3)16-21-17(19)23-18(22-16)20-14-10-8-7-9-11-14/h7-11,13H,5-6,12H2,1-4H3,(H3,19,20,21,22,23). The third kappa shape index (κ3) is 5.13. The number of nitrogens with one attached hydrogen (secondary N) is 1. The third-order valence-corrected chi connectivity index (χ3v) is 4.24. The van der Waals surface area contributed by atoms with E-state index in [1.807, 2.05) is 63.1 Å². The number of nitrogens with two attached hydrogens (primary N) is 1. The summed E-state index contributed by atoms with van der Waals surface area (Å²) in [7, 11) is 1.87. The first kappa shape index (κ1) is 19.6. The first-order chi connectivity index (χ1) is 12.4. The van der Waals surface area contributed by atoms with Crippen molar-refractivity contribution < 1.29 is 4.79 Å². The molecule has 0 saturated carbocycles. The third-order valence-electron chi connectivity index (χ3n) is 4.24. The first-order valence-electron chi connectivity index (χ1n) is 8.76. The Bertz CT molecular complexity index is 719. The molecule has 0 saturated heterocycles. The summed E-state index contributed by atoms with van der Waals surface area (Å²) < 4.78 is 0. The van der Waals surface area contributed by atoms with E-state index in [1.165, 1.54) is 0 Å². The maximum Gasteiger partial charge on any atom is 0.236 e. The molecule has 2 rings (SSSR count). The van der Waals surface area contributed by atoms with E-state index in [0.29, 0.717) is 24.9 Å². The van der Waals surface area contributed by atoms with Crippen molar-refractivity contribution in [1.82, 2.24) is 24.8 Å². The summed E-state index contributed by atoms with van der Waals surface area (Å²) in [5.74, 6) is 1.12. The summed E-state index contributed by atoms with van der Waals surface area (Å²) in [5, 5.41) is 3.12. The molecule has 0 fully saturated rings. The van der Waals surface area contributed by atoms with Crippen molar-refractivity contribution in [3.63, 3.8) is 0 Å². The Kier molecular flexibility index (Phi) is 6.85. The Balaban J connectivity index is 2.12. The van der Waals surface area contributed by atoms with Gasteiger partial charge in [-0.3, -0.25) is 9.69 Å². The number of aromatic nitrogens is 3. The molecule has 0 radical (unpaired) electrons. The van der Waals surface area contributed by atoms with Crippen molar-refractivity contribution in [1.29, 1.82) is 0 Å². The van der Waals surface area contributed by atoms with Gasteiger partial charge < -0.3 is 16.0 Å². The summed E-state index contributed by atoms with van der Waals surface area (Å²) in [6.07, 6.45) is 0. The highest BCUT2D eigenvalue weighted by Crippen LogP contribution is 2.19. The molecule has 1 aromatic carbocycles. The van der Waals surface area contributed by atoms with Crippen LogP contribution in [0.5, 0.6) is 0 Å². The molecule has 140 valence electrons. The second kappa shape index (κ2) is 9.10. The maximum absolute atomic E-state index is 12.3. The van der Waals surface area contributed by atoms with Gasteiger partial charge in [0.1, 0.15) is 0 Å². The highest BCUT2D eigenvalue weighted by molar-refractivity contribution is 5.78. The highest BCUT2D eigenvalue weighted by Gasteiger charge is 2.21. The molecule has 0 aliphatic carbocycles. The summed E-state index contributed by atoms with van der Waals surface area (Å²) >= 11 is 0. The lowest BCUT2D eigenvalue weighted by atomic mass is 10.2. The number of carbonyl (C=O) groups is 1. The molecule has 1 amide bonds. The Morgan fingerprint density at radius 3 is 2.42 bits per heavy atom. The van der Waals surface area contributed by atoms with Gasteiger partial charge in [-0.05, 0) is 40.0 Å². The van der Waals surface area contributed by atoms with Gasteiger partial charge >= 0.3 is 0 Å². The normalized spacial score (nSPS) is 12.0. The number of hydrogen-bond donors (Lipinski definition) is 2. The fourth-order valence-electron chi connectivity index (χ4n) is 2.53. The second-order valence-corrected chi connectivity index (χ2v) is 6.02. The van der Waals surface area contributed by atoms with Crippen molar-refractivity contribution in [3.8, 4) is 0 Å². The molecule has 26 heavy (non-hydrogen) atoms. The van der Waals surface area contributed by atoms with Gasteiger partial charge in [0.05, 0.1) is 12.6 Å². The zero-order valence-electron chi connectivity index (χ0n) is 15.8. The predicted octanol–water partition coefficient (Wildman–Crippen LogP) is 2.06. The number of benzene rings is 1. The van der Waals surface area contributed by atoms with E-state index in [1.54, 1.807) is 4.90 Å². The van der Waals surface area contributed by atoms with Gasteiger partial charge in [0, 0.05) is 18.8 Å². The van der Waals surface area contributed by atoms with E-state index in [4.69, 9.17) is 5.73 Å². The lowest BCUT2D eigenvalue weighted by Crippen LogP contribution is -2.39. The molecule has 1 unspecified atom stereocenters. The zero-order chi connectivity index (χ0) is 19.1. The molecule has 1 heterocycles. The SMILES string of the molecule is CCN(CC)C(=O)CN(C)C(C)c1nc(N)nc(Nc2ccccc2)n1. The largest absolute Gasteiger partial charge is 0.368 e. The van der Waals surface area contributed by atoms with Gasteiger partial charge in [0.25, 0.3) is 0 Å². The number of rotatable bonds is 8. The lowest BCUT2D eigenvalue weighted by molar-refractivity contribution is -0.132. The molecule has 1 atom stereocenters. The van der Waals surface area contributed by atoms with Crippen molar-refractivity contribution in [2.75, 3.05) is 37.7 Å². The number of likely N-dealkylation sites (N-methyl/N-ethyl adjacent to an activating group) is 2. The monoisotopic (exact) mass is 357 g/mol. The fourth-order valence-corrected chi connectivity index (χ4v) is 2.53. The molecule has 8 heteroatoms. The van der Waals surface area contributed by atoms with Gasteiger partial charge in [0.15, 0.2) is 5.82 Å². The topological polar surface area (TPSA) is 100 Å². The van der Waals surface area contributed by atoms with Crippen LogP contribution in [0.3, 0.4) is 0 Å². The molecule has 0 bridgehead atoms. The van der Waals surface area contributed by atoms with E-state index in [-0.39, 0.29) is 24.4 Å². The van der Waals surface area contributed by atoms with Crippen molar-refractivity contribution in [2.24, 2.45) is 0 Å². The number of carbonyl (C=O) groups excluding carboxylic acids is 1. The van der Waals surface area contributed by atoms with E-state index >= 15 is 0 Å². The molecular formula is C18H27N7O. The number of nitrogen functional groups attached to an aromatic ring is 1. The molecule has 3 N–H and O–H groups in total. The van der Waals surface area contributed by atoms with Gasteiger partial charge in [-0.2, -0.15) is 15.0 Å². The number of amides is 1. The van der Waals surface area contributed by atoms with Crippen LogP contribution in [0.4, 0.5) is 17.6 Å². The highest BCUT2D eigenvalue weighted by atomic mass is 16.2. The number of nitrogens with zero attached hydrogens (tertiary/aromatic N) is 5. The second-order valence-electron chi connectivity index (χ2n) is 6.02. The van der Waals surface area contributed by atoms with E-state index in [2.05, 4.69) is 20.3 Å². The maximum atomic E-state index is 12.3. The van der Waals surface area contributed by atoms with Crippen LogP contribution in [0.1, 0.15) is 32.6 Å². The van der Waals surface area contributed by atoms with Crippen LogP contribution in [0.15, 0.2) is 30.3 Å². The van der Waals surface area contributed by atoms with Crippen molar-refractivity contribution in [2.45, 2.75) is 26.8 Å².